The number of isocyanates is 1. The molecule has 0 spiro atoms. The second-order valence-corrected chi connectivity index (χ2v) is 4.17. The number of carbonyl (C=O) groups excluding carboxylic acids is 2. The molecule has 1 amide bonds. The Bertz CT molecular complexity index is 311. The SMILES string of the molecule is CC1(C)C=CCC1(C)C(=O)N=C=O. The smallest absolute Gasteiger partial charge is 0.263 e. The first-order valence-electron chi connectivity index (χ1n) is 4.24. The third-order valence-corrected chi connectivity index (χ3v) is 3.10. The fraction of sp³-hybridized carbons (Fsp3) is 0.600. The first-order chi connectivity index (χ1) is 5.94. The molecule has 1 unspecified atom stereocenters. The number of nitrogens with zero attached hydrogens (tertiary/aromatic N) is 1. The topological polar surface area (TPSA) is 46.5 Å². The predicted molar refractivity (Wildman–Crippen MR) is 48.8 cm³/mol. The van der Waals surface area contributed by atoms with E-state index in [1.165, 1.54) is 6.08 Å². The van der Waals surface area contributed by atoms with Gasteiger partial charge in [-0.2, -0.15) is 0 Å². The second-order valence-electron chi connectivity index (χ2n) is 4.17. The lowest BCUT2D eigenvalue weighted by atomic mass is 9.68. The van der Waals surface area contributed by atoms with Crippen LogP contribution in [0.2, 0.25) is 0 Å². The van der Waals surface area contributed by atoms with Crippen LogP contribution in [-0.4, -0.2) is 12.0 Å². The summed E-state index contributed by atoms with van der Waals surface area (Å²) in [6.45, 7) is 5.76. The molecule has 0 radical (unpaired) electrons. The van der Waals surface area contributed by atoms with Crippen LogP contribution in [-0.2, 0) is 9.59 Å². The Hall–Kier alpha value is -1.21. The molecule has 0 aromatic heterocycles. The molecule has 13 heavy (non-hydrogen) atoms. The van der Waals surface area contributed by atoms with Gasteiger partial charge in [0.1, 0.15) is 0 Å². The van der Waals surface area contributed by atoms with Crippen molar-refractivity contribution < 1.29 is 9.59 Å². The summed E-state index contributed by atoms with van der Waals surface area (Å²) in [5.74, 6) is -0.377. The number of amides is 1. The molecule has 0 fully saturated rings. The van der Waals surface area contributed by atoms with E-state index in [1.54, 1.807) is 0 Å². The van der Waals surface area contributed by atoms with Gasteiger partial charge in [-0.05, 0) is 18.8 Å². The number of hydrogen-bond acceptors (Lipinski definition) is 2. The zero-order valence-electron chi connectivity index (χ0n) is 8.13. The van der Waals surface area contributed by atoms with Crippen molar-refractivity contribution in [2.24, 2.45) is 15.8 Å². The third-order valence-electron chi connectivity index (χ3n) is 3.10. The molecule has 3 nitrogen and oxygen atoms in total. The molecule has 1 rings (SSSR count). The largest absolute Gasteiger partial charge is 0.271 e. The van der Waals surface area contributed by atoms with Gasteiger partial charge in [0, 0.05) is 0 Å². The van der Waals surface area contributed by atoms with Gasteiger partial charge in [-0.25, -0.2) is 4.79 Å². The van der Waals surface area contributed by atoms with Gasteiger partial charge in [0.05, 0.1) is 5.41 Å². The number of hydrogen-bond donors (Lipinski definition) is 0. The van der Waals surface area contributed by atoms with E-state index in [-0.39, 0.29) is 11.3 Å². The minimum absolute atomic E-state index is 0.232. The first-order valence-corrected chi connectivity index (χ1v) is 4.24. The molecule has 0 bridgehead atoms. The summed E-state index contributed by atoms with van der Waals surface area (Å²) in [6, 6.07) is 0. The maximum atomic E-state index is 11.5. The standard InChI is InChI=1S/C10H13NO2/c1-9(2)5-4-6-10(9,3)8(13)11-7-12/h4-5H,6H2,1-3H3. The lowest BCUT2D eigenvalue weighted by Gasteiger charge is -2.34. The molecule has 1 atom stereocenters. The van der Waals surface area contributed by atoms with Crippen molar-refractivity contribution in [3.8, 4) is 0 Å². The molecule has 0 aromatic carbocycles. The van der Waals surface area contributed by atoms with E-state index >= 15 is 0 Å². The fourth-order valence-electron chi connectivity index (χ4n) is 1.56. The van der Waals surface area contributed by atoms with E-state index in [9.17, 15) is 9.59 Å². The Morgan fingerprint density at radius 2 is 2.08 bits per heavy atom. The highest BCUT2D eigenvalue weighted by Gasteiger charge is 2.47. The summed E-state index contributed by atoms with van der Waals surface area (Å²) in [4.78, 5) is 24.7. The van der Waals surface area contributed by atoms with Gasteiger partial charge in [-0.15, -0.1) is 4.99 Å². The third kappa shape index (κ3) is 1.36. The van der Waals surface area contributed by atoms with Crippen molar-refractivity contribution in [2.45, 2.75) is 27.2 Å². The number of carbonyl (C=O) groups is 1. The molecule has 0 saturated carbocycles. The van der Waals surface area contributed by atoms with Crippen LogP contribution in [0.15, 0.2) is 17.1 Å². The van der Waals surface area contributed by atoms with Gasteiger partial charge in [0.15, 0.2) is 0 Å². The molecule has 70 valence electrons. The quantitative estimate of drug-likeness (QED) is 0.350. The summed E-state index contributed by atoms with van der Waals surface area (Å²) >= 11 is 0. The Labute approximate surface area is 77.5 Å². The number of rotatable bonds is 1. The maximum absolute atomic E-state index is 11.5. The minimum Gasteiger partial charge on any atom is -0.271 e. The summed E-state index contributed by atoms with van der Waals surface area (Å²) in [5, 5.41) is 0. The van der Waals surface area contributed by atoms with Gasteiger partial charge in [0.2, 0.25) is 6.08 Å². The molecule has 0 heterocycles. The highest BCUT2D eigenvalue weighted by Crippen LogP contribution is 2.48. The van der Waals surface area contributed by atoms with Crippen LogP contribution >= 0.6 is 0 Å². The van der Waals surface area contributed by atoms with Gasteiger partial charge >= 0.3 is 0 Å². The summed E-state index contributed by atoms with van der Waals surface area (Å²) in [7, 11) is 0. The molecule has 1 aliphatic carbocycles. The number of aliphatic imine (C=N–C) groups is 1. The minimum atomic E-state index is -0.579. The lowest BCUT2D eigenvalue weighted by Crippen LogP contribution is -2.36. The Morgan fingerprint density at radius 1 is 1.46 bits per heavy atom. The molecule has 0 N–H and O–H groups in total. The van der Waals surface area contributed by atoms with Gasteiger partial charge in [-0.3, -0.25) is 4.79 Å². The molecule has 0 saturated heterocycles. The predicted octanol–water partition coefficient (Wildman–Crippen LogP) is 1.84. The lowest BCUT2D eigenvalue weighted by molar-refractivity contribution is -0.130. The molecular weight excluding hydrogens is 166 g/mol. The van der Waals surface area contributed by atoms with Crippen LogP contribution in [0, 0.1) is 10.8 Å². The summed E-state index contributed by atoms with van der Waals surface area (Å²) < 4.78 is 0. The highest BCUT2D eigenvalue weighted by molar-refractivity contribution is 5.88. The molecule has 3 heteroatoms. The average molecular weight is 179 g/mol. The van der Waals surface area contributed by atoms with E-state index in [0.29, 0.717) is 6.42 Å². The van der Waals surface area contributed by atoms with Crippen molar-refractivity contribution in [1.82, 2.24) is 0 Å². The van der Waals surface area contributed by atoms with Gasteiger partial charge < -0.3 is 0 Å². The number of allylic oxidation sites excluding steroid dienone is 2. The van der Waals surface area contributed by atoms with Crippen molar-refractivity contribution in [2.75, 3.05) is 0 Å². The first kappa shape index (κ1) is 9.87. The van der Waals surface area contributed by atoms with E-state index in [4.69, 9.17) is 0 Å². The fourth-order valence-corrected chi connectivity index (χ4v) is 1.56. The van der Waals surface area contributed by atoms with Crippen LogP contribution in [0.1, 0.15) is 27.2 Å². The van der Waals surface area contributed by atoms with Crippen molar-refractivity contribution in [1.29, 1.82) is 0 Å². The van der Waals surface area contributed by atoms with Gasteiger partial charge in [-0.1, -0.05) is 26.0 Å². The van der Waals surface area contributed by atoms with E-state index in [0.717, 1.165) is 0 Å². The van der Waals surface area contributed by atoms with E-state index < -0.39 is 5.41 Å². The Kier molecular flexibility index (Phi) is 2.22. The highest BCUT2D eigenvalue weighted by atomic mass is 16.2. The van der Waals surface area contributed by atoms with Crippen LogP contribution in [0.3, 0.4) is 0 Å². The Balaban J connectivity index is 3.03. The molecule has 1 aliphatic rings. The zero-order chi connectivity index (χ0) is 10.1. The van der Waals surface area contributed by atoms with Crippen molar-refractivity contribution in [3.63, 3.8) is 0 Å². The van der Waals surface area contributed by atoms with Crippen LogP contribution < -0.4 is 0 Å². The van der Waals surface area contributed by atoms with Crippen LogP contribution in [0.25, 0.3) is 0 Å². The normalized spacial score (nSPS) is 29.8. The summed E-state index contributed by atoms with van der Waals surface area (Å²) in [5.41, 5.74) is -0.811. The second kappa shape index (κ2) is 2.93. The van der Waals surface area contributed by atoms with E-state index in [2.05, 4.69) is 4.99 Å². The molecule has 0 aromatic rings. The van der Waals surface area contributed by atoms with Crippen LogP contribution in [0.5, 0.6) is 0 Å². The van der Waals surface area contributed by atoms with Gasteiger partial charge in [0.25, 0.3) is 5.91 Å². The van der Waals surface area contributed by atoms with Crippen molar-refractivity contribution in [3.05, 3.63) is 12.2 Å². The monoisotopic (exact) mass is 179 g/mol. The van der Waals surface area contributed by atoms with Crippen molar-refractivity contribution >= 4 is 12.0 Å². The average Bonchev–Trinajstić information content (AvgIpc) is 2.28. The zero-order valence-corrected chi connectivity index (χ0v) is 8.13. The Morgan fingerprint density at radius 3 is 2.46 bits per heavy atom. The molecule has 0 aliphatic heterocycles. The maximum Gasteiger partial charge on any atom is 0.263 e. The molecular formula is C10H13NO2. The van der Waals surface area contributed by atoms with E-state index in [1.807, 2.05) is 32.9 Å². The summed E-state index contributed by atoms with van der Waals surface area (Å²) in [6.07, 6.45) is 5.90. The van der Waals surface area contributed by atoms with Crippen LogP contribution in [0.4, 0.5) is 0 Å².